The molecule has 0 saturated carbocycles. The molecule has 1 amide bonds. The molecule has 5 rings (SSSR count). The molecule has 0 aliphatic carbocycles. The molecule has 0 radical (unpaired) electrons. The van der Waals surface area contributed by atoms with Crippen molar-refractivity contribution in [2.45, 2.75) is 12.5 Å². The van der Waals surface area contributed by atoms with E-state index in [-0.39, 0.29) is 33.4 Å². The van der Waals surface area contributed by atoms with Crippen molar-refractivity contribution in [3.05, 3.63) is 103 Å². The molecule has 2 heterocycles. The van der Waals surface area contributed by atoms with Gasteiger partial charge in [-0.3, -0.25) is 19.4 Å². The Morgan fingerprint density at radius 1 is 0.905 bits per heavy atom. The number of rotatable bonds is 10. The number of aliphatic carboxylic acids is 1. The predicted octanol–water partition coefficient (Wildman–Crippen LogP) is 3.92. The van der Waals surface area contributed by atoms with Gasteiger partial charge in [0.05, 0.1) is 28.8 Å². The molecule has 0 bridgehead atoms. The molecule has 4 aromatic rings. The Labute approximate surface area is 249 Å². The van der Waals surface area contributed by atoms with Crippen molar-refractivity contribution in [3.8, 4) is 0 Å². The number of anilines is 5. The quantitative estimate of drug-likeness (QED) is 0.195. The minimum atomic E-state index is -1.21. The van der Waals surface area contributed by atoms with E-state index in [1.54, 1.807) is 36.4 Å². The van der Waals surface area contributed by atoms with Crippen LogP contribution >= 0.6 is 23.2 Å². The van der Waals surface area contributed by atoms with Crippen LogP contribution in [-0.2, 0) is 16.0 Å². The Morgan fingerprint density at radius 3 is 2.12 bits per heavy atom. The fraction of sp³-hybridized carbons (Fsp3) is 0.207. The number of ether oxygens (including phenoxy) is 1. The molecule has 1 aliphatic heterocycles. The minimum absolute atomic E-state index is 0.00192. The molecule has 3 aromatic carbocycles. The molecular formula is C29H25Cl2N5O6. The van der Waals surface area contributed by atoms with Gasteiger partial charge in [0, 0.05) is 49.0 Å². The first-order valence-corrected chi connectivity index (χ1v) is 13.7. The Kier molecular flexibility index (Phi) is 8.72. The van der Waals surface area contributed by atoms with Gasteiger partial charge in [-0.25, -0.2) is 4.79 Å². The number of hydrogen-bond donors (Lipinski definition) is 4. The molecule has 1 saturated heterocycles. The molecule has 13 heteroatoms. The molecule has 42 heavy (non-hydrogen) atoms. The van der Waals surface area contributed by atoms with Crippen LogP contribution in [0.5, 0.6) is 0 Å². The first kappa shape index (κ1) is 29.1. The van der Waals surface area contributed by atoms with E-state index in [2.05, 4.69) is 25.8 Å². The third kappa shape index (κ3) is 6.38. The number of carbonyl (C=O) groups is 2. The Bertz CT molecular complexity index is 1660. The summed E-state index contributed by atoms with van der Waals surface area (Å²) in [5.41, 5.74) is 1.12. The van der Waals surface area contributed by atoms with Crippen molar-refractivity contribution < 1.29 is 19.4 Å². The van der Waals surface area contributed by atoms with Crippen LogP contribution < -0.4 is 31.7 Å². The zero-order valence-electron chi connectivity index (χ0n) is 22.0. The highest BCUT2D eigenvalue weighted by molar-refractivity contribution is 6.40. The smallest absolute Gasteiger partial charge is 0.326 e. The SMILES string of the molecule is O=C(Nc1ccc(C[C@H](Nc2c(Nc3ccc(N4CCOCC4)cc3)c(=O)c2=O)C(=O)O)cc1)c1c(Cl)cncc1Cl. The van der Waals surface area contributed by atoms with Crippen LogP contribution in [0.1, 0.15) is 15.9 Å². The van der Waals surface area contributed by atoms with Gasteiger partial charge in [-0.05, 0) is 42.0 Å². The summed E-state index contributed by atoms with van der Waals surface area (Å²) in [5.74, 6) is -1.73. The van der Waals surface area contributed by atoms with Crippen molar-refractivity contribution in [1.29, 1.82) is 0 Å². The normalized spacial score (nSPS) is 13.9. The average molecular weight is 610 g/mol. The van der Waals surface area contributed by atoms with E-state index in [1.807, 2.05) is 12.1 Å². The summed E-state index contributed by atoms with van der Waals surface area (Å²) in [6, 6.07) is 12.7. The van der Waals surface area contributed by atoms with Crippen molar-refractivity contribution >= 4 is 63.5 Å². The molecule has 1 aromatic heterocycles. The minimum Gasteiger partial charge on any atom is -0.480 e. The number of carbonyl (C=O) groups excluding carboxylic acids is 1. The highest BCUT2D eigenvalue weighted by atomic mass is 35.5. The topological polar surface area (TPSA) is 150 Å². The number of nitrogens with one attached hydrogen (secondary N) is 3. The lowest BCUT2D eigenvalue weighted by Gasteiger charge is -2.29. The standard InChI is InChI=1S/C29H25Cl2N5O6/c30-20-14-32-15-21(31)23(20)28(39)34-18-3-1-16(2-4-18)13-22(29(40)41)35-25-24(26(37)27(25)38)33-17-5-7-19(8-6-17)36-9-11-42-12-10-36/h1-8,14-15,22,33,35H,9-13H2,(H,34,39)(H,40,41)/t22-/m0/s1. The first-order valence-electron chi connectivity index (χ1n) is 12.9. The van der Waals surface area contributed by atoms with Gasteiger partial charge in [-0.15, -0.1) is 0 Å². The monoisotopic (exact) mass is 609 g/mol. The van der Waals surface area contributed by atoms with E-state index < -0.39 is 28.8 Å². The number of halogens is 2. The number of morpholine rings is 1. The Morgan fingerprint density at radius 2 is 1.50 bits per heavy atom. The van der Waals surface area contributed by atoms with Crippen LogP contribution in [0.4, 0.5) is 28.4 Å². The lowest BCUT2D eigenvalue weighted by atomic mass is 10.0. The number of aromatic nitrogens is 1. The summed E-state index contributed by atoms with van der Waals surface area (Å²) in [5, 5.41) is 18.4. The van der Waals surface area contributed by atoms with Gasteiger partial charge >= 0.3 is 5.97 Å². The fourth-order valence-corrected chi connectivity index (χ4v) is 5.06. The van der Waals surface area contributed by atoms with Crippen molar-refractivity contribution in [3.63, 3.8) is 0 Å². The first-order chi connectivity index (χ1) is 20.2. The Balaban J connectivity index is 1.24. The summed E-state index contributed by atoms with van der Waals surface area (Å²) < 4.78 is 5.38. The maximum absolute atomic E-state index is 12.6. The number of carboxylic acids is 1. The van der Waals surface area contributed by atoms with Crippen LogP contribution in [0.2, 0.25) is 10.0 Å². The van der Waals surface area contributed by atoms with E-state index in [0.717, 1.165) is 18.8 Å². The summed E-state index contributed by atoms with van der Waals surface area (Å²) in [6.45, 7) is 2.87. The van der Waals surface area contributed by atoms with Gasteiger partial charge in [0.2, 0.25) is 0 Å². The lowest BCUT2D eigenvalue weighted by molar-refractivity contribution is -0.137. The zero-order chi connectivity index (χ0) is 29.8. The van der Waals surface area contributed by atoms with Crippen LogP contribution in [0.15, 0.2) is 70.5 Å². The number of amides is 1. The van der Waals surface area contributed by atoms with Crippen molar-refractivity contribution in [2.75, 3.05) is 47.2 Å². The maximum atomic E-state index is 12.6. The second kappa shape index (κ2) is 12.6. The zero-order valence-corrected chi connectivity index (χ0v) is 23.5. The summed E-state index contributed by atoms with van der Waals surface area (Å²) >= 11 is 12.1. The highest BCUT2D eigenvalue weighted by Gasteiger charge is 2.27. The van der Waals surface area contributed by atoms with E-state index in [9.17, 15) is 24.3 Å². The van der Waals surface area contributed by atoms with E-state index in [4.69, 9.17) is 27.9 Å². The van der Waals surface area contributed by atoms with Gasteiger partial charge < -0.3 is 30.7 Å². The van der Waals surface area contributed by atoms with Crippen LogP contribution in [0.25, 0.3) is 0 Å². The summed E-state index contributed by atoms with van der Waals surface area (Å²) in [7, 11) is 0. The number of hydrogen-bond acceptors (Lipinski definition) is 9. The molecule has 11 nitrogen and oxygen atoms in total. The van der Waals surface area contributed by atoms with Crippen molar-refractivity contribution in [2.24, 2.45) is 0 Å². The molecule has 0 unspecified atom stereocenters. The fourth-order valence-electron chi connectivity index (χ4n) is 4.53. The van der Waals surface area contributed by atoms with Crippen LogP contribution in [-0.4, -0.2) is 54.3 Å². The van der Waals surface area contributed by atoms with Gasteiger partial charge in [-0.2, -0.15) is 0 Å². The molecule has 216 valence electrons. The number of benzene rings is 2. The molecular weight excluding hydrogens is 585 g/mol. The highest BCUT2D eigenvalue weighted by Crippen LogP contribution is 2.26. The van der Waals surface area contributed by atoms with E-state index >= 15 is 0 Å². The number of carboxylic acid groups (broad SMARTS) is 1. The molecule has 1 fully saturated rings. The second-order valence-electron chi connectivity index (χ2n) is 9.55. The van der Waals surface area contributed by atoms with Gasteiger partial charge in [0.25, 0.3) is 16.8 Å². The second-order valence-corrected chi connectivity index (χ2v) is 10.4. The maximum Gasteiger partial charge on any atom is 0.326 e. The van der Waals surface area contributed by atoms with Gasteiger partial charge in [-0.1, -0.05) is 35.3 Å². The van der Waals surface area contributed by atoms with Crippen LogP contribution in [0, 0.1) is 0 Å². The van der Waals surface area contributed by atoms with Gasteiger partial charge in [0.15, 0.2) is 0 Å². The predicted molar refractivity (Wildman–Crippen MR) is 162 cm³/mol. The number of pyridine rings is 1. The van der Waals surface area contributed by atoms with E-state index in [0.29, 0.717) is 30.2 Å². The summed E-state index contributed by atoms with van der Waals surface area (Å²) in [4.78, 5) is 55.4. The third-order valence-electron chi connectivity index (χ3n) is 6.77. The molecule has 1 atom stereocenters. The largest absolute Gasteiger partial charge is 0.480 e. The van der Waals surface area contributed by atoms with E-state index in [1.165, 1.54) is 12.4 Å². The van der Waals surface area contributed by atoms with Crippen LogP contribution in [0.3, 0.4) is 0 Å². The summed E-state index contributed by atoms with van der Waals surface area (Å²) in [6.07, 6.45) is 2.62. The van der Waals surface area contributed by atoms with Crippen molar-refractivity contribution in [1.82, 2.24) is 4.98 Å². The number of nitrogens with zero attached hydrogens (tertiary/aromatic N) is 2. The van der Waals surface area contributed by atoms with Gasteiger partial charge in [0.1, 0.15) is 17.4 Å². The Hall–Kier alpha value is -4.45. The molecule has 0 spiro atoms. The third-order valence-corrected chi connectivity index (χ3v) is 7.35. The molecule has 4 N–H and O–H groups in total. The lowest BCUT2D eigenvalue weighted by Crippen LogP contribution is -2.42. The molecule has 1 aliphatic rings. The average Bonchev–Trinajstić information content (AvgIpc) is 2.99.